The molecular weight excluding hydrogens is 429 g/mol. The first-order chi connectivity index (χ1) is 15.8. The van der Waals surface area contributed by atoms with E-state index in [-0.39, 0.29) is 13.0 Å². The lowest BCUT2D eigenvalue weighted by molar-refractivity contribution is -0.185. The Kier molecular flexibility index (Phi) is 6.51. The normalized spacial score (nSPS) is 11.8. The van der Waals surface area contributed by atoms with E-state index in [0.29, 0.717) is 12.1 Å². The van der Waals surface area contributed by atoms with Gasteiger partial charge in [-0.2, -0.15) is 13.2 Å². The number of fused-ring (bicyclic) bond motifs is 1. The van der Waals surface area contributed by atoms with Gasteiger partial charge in [0.15, 0.2) is 0 Å². The van der Waals surface area contributed by atoms with Crippen molar-refractivity contribution in [2.45, 2.75) is 25.7 Å². The molecule has 0 atom stereocenters. The molecule has 0 fully saturated rings. The van der Waals surface area contributed by atoms with E-state index in [1.807, 2.05) is 60.8 Å². The van der Waals surface area contributed by atoms with Crippen LogP contribution in [0.1, 0.15) is 22.3 Å². The molecule has 170 valence electrons. The number of alkyl halides is 3. The van der Waals surface area contributed by atoms with Crippen LogP contribution in [0.4, 0.5) is 13.2 Å². The van der Waals surface area contributed by atoms with Crippen molar-refractivity contribution in [3.63, 3.8) is 0 Å². The Labute approximate surface area is 189 Å². The molecule has 0 aliphatic carbocycles. The lowest BCUT2D eigenvalue weighted by atomic mass is 10.1. The summed E-state index contributed by atoms with van der Waals surface area (Å²) in [6.45, 7) is 0.720. The second-order valence-corrected chi connectivity index (χ2v) is 7.91. The molecule has 4 rings (SSSR count). The number of nitrogens with zero attached hydrogens (tertiary/aromatic N) is 2. The summed E-state index contributed by atoms with van der Waals surface area (Å²) >= 11 is 0. The molecule has 0 saturated carbocycles. The molecule has 0 radical (unpaired) electrons. The van der Waals surface area contributed by atoms with Crippen LogP contribution in [0.15, 0.2) is 85.1 Å². The van der Waals surface area contributed by atoms with Gasteiger partial charge in [-0.05, 0) is 28.8 Å². The summed E-state index contributed by atoms with van der Waals surface area (Å²) in [5.74, 6) is -0.480. The number of carbonyl (C=O) groups excluding carboxylic acids is 1. The number of hydrogen-bond donors (Lipinski definition) is 0. The molecule has 0 unspecified atom stereocenters. The first-order valence-electron chi connectivity index (χ1n) is 10.5. The highest BCUT2D eigenvalue weighted by molar-refractivity contribution is 5.88. The van der Waals surface area contributed by atoms with Crippen molar-refractivity contribution < 1.29 is 22.8 Å². The van der Waals surface area contributed by atoms with E-state index in [9.17, 15) is 18.0 Å². The average Bonchev–Trinajstić information content (AvgIpc) is 3.11. The van der Waals surface area contributed by atoms with Gasteiger partial charge in [-0.15, -0.1) is 5.06 Å². The van der Waals surface area contributed by atoms with Crippen LogP contribution in [0.5, 0.6) is 0 Å². The summed E-state index contributed by atoms with van der Waals surface area (Å²) in [5, 5.41) is 2.21. The van der Waals surface area contributed by atoms with Gasteiger partial charge in [0.05, 0.1) is 18.5 Å². The van der Waals surface area contributed by atoms with E-state index in [1.165, 1.54) is 18.2 Å². The molecule has 0 bridgehead atoms. The Morgan fingerprint density at radius 2 is 1.64 bits per heavy atom. The highest BCUT2D eigenvalue weighted by atomic mass is 19.4. The first kappa shape index (κ1) is 22.6. The number of para-hydroxylation sites is 1. The summed E-state index contributed by atoms with van der Waals surface area (Å²) < 4.78 is 40.9. The topological polar surface area (TPSA) is 34.5 Å². The van der Waals surface area contributed by atoms with Gasteiger partial charge in [-0.1, -0.05) is 66.7 Å². The molecule has 0 spiro atoms. The minimum absolute atomic E-state index is 0.0471. The smallest absolute Gasteiger partial charge is 0.368 e. The second kappa shape index (κ2) is 9.50. The van der Waals surface area contributed by atoms with Crippen LogP contribution >= 0.6 is 0 Å². The van der Waals surface area contributed by atoms with Gasteiger partial charge in [-0.3, -0.25) is 0 Å². The van der Waals surface area contributed by atoms with Gasteiger partial charge in [0.2, 0.25) is 0 Å². The number of benzene rings is 3. The van der Waals surface area contributed by atoms with Crippen LogP contribution in [0.2, 0.25) is 0 Å². The third-order valence-corrected chi connectivity index (χ3v) is 5.32. The van der Waals surface area contributed by atoms with Crippen LogP contribution in [-0.2, 0) is 35.3 Å². The standard InChI is InChI=1S/C26H23F3N2O2/c1-30(16-20-10-7-11-22(14-20)26(27,28)29)33-25(32)15-21-18-31(17-19-8-3-2-4-9-19)24-13-6-5-12-23(21)24/h2-14,18H,15-17H2,1H3. The van der Waals surface area contributed by atoms with E-state index in [4.69, 9.17) is 4.84 Å². The summed E-state index contributed by atoms with van der Waals surface area (Å²) in [7, 11) is 1.52. The molecule has 33 heavy (non-hydrogen) atoms. The Balaban J connectivity index is 1.45. The molecule has 1 heterocycles. The predicted octanol–water partition coefficient (Wildman–Crippen LogP) is 5.84. The van der Waals surface area contributed by atoms with Crippen molar-refractivity contribution in [2.75, 3.05) is 7.05 Å². The summed E-state index contributed by atoms with van der Waals surface area (Å²) in [4.78, 5) is 18.0. The van der Waals surface area contributed by atoms with Gasteiger partial charge in [0.25, 0.3) is 0 Å². The van der Waals surface area contributed by atoms with E-state index in [0.717, 1.165) is 34.2 Å². The number of halogens is 3. The van der Waals surface area contributed by atoms with Gasteiger partial charge in [-0.25, -0.2) is 4.79 Å². The molecule has 0 aliphatic rings. The largest absolute Gasteiger partial charge is 0.416 e. The highest BCUT2D eigenvalue weighted by Gasteiger charge is 2.30. The van der Waals surface area contributed by atoms with E-state index >= 15 is 0 Å². The molecule has 0 amide bonds. The van der Waals surface area contributed by atoms with Crippen LogP contribution in [-0.4, -0.2) is 22.6 Å². The van der Waals surface area contributed by atoms with Crippen molar-refractivity contribution in [3.8, 4) is 0 Å². The highest BCUT2D eigenvalue weighted by Crippen LogP contribution is 2.30. The minimum Gasteiger partial charge on any atom is -0.368 e. The molecule has 0 N–H and O–H groups in total. The maximum atomic E-state index is 12.9. The molecular formula is C26H23F3N2O2. The first-order valence-corrected chi connectivity index (χ1v) is 10.5. The lowest BCUT2D eigenvalue weighted by Crippen LogP contribution is -2.24. The molecule has 4 nitrogen and oxygen atoms in total. The number of rotatable bonds is 7. The van der Waals surface area contributed by atoms with Crippen molar-refractivity contribution >= 4 is 16.9 Å². The zero-order chi connectivity index (χ0) is 23.4. The monoisotopic (exact) mass is 452 g/mol. The molecule has 7 heteroatoms. The minimum atomic E-state index is -4.42. The van der Waals surface area contributed by atoms with E-state index in [1.54, 1.807) is 6.07 Å². The molecule has 0 saturated heterocycles. The maximum Gasteiger partial charge on any atom is 0.416 e. The van der Waals surface area contributed by atoms with Crippen molar-refractivity contribution in [2.24, 2.45) is 0 Å². The lowest BCUT2D eigenvalue weighted by Gasteiger charge is -2.17. The molecule has 4 aromatic rings. The fourth-order valence-electron chi connectivity index (χ4n) is 3.87. The van der Waals surface area contributed by atoms with Gasteiger partial charge in [0, 0.05) is 30.7 Å². The molecule has 1 aromatic heterocycles. The number of hydroxylamine groups is 2. The van der Waals surface area contributed by atoms with Crippen molar-refractivity contribution in [3.05, 3.63) is 107 Å². The van der Waals surface area contributed by atoms with Crippen LogP contribution < -0.4 is 0 Å². The quantitative estimate of drug-likeness (QED) is 0.331. The van der Waals surface area contributed by atoms with Gasteiger partial charge < -0.3 is 9.40 Å². The number of carbonyl (C=O) groups is 1. The van der Waals surface area contributed by atoms with E-state index in [2.05, 4.69) is 4.57 Å². The Bertz CT molecular complexity index is 1250. The fraction of sp³-hybridized carbons (Fsp3) is 0.192. The summed E-state index contributed by atoms with van der Waals surface area (Å²) in [5.41, 5.74) is 2.67. The second-order valence-electron chi connectivity index (χ2n) is 7.91. The van der Waals surface area contributed by atoms with Crippen LogP contribution in [0, 0.1) is 0 Å². The Morgan fingerprint density at radius 1 is 0.939 bits per heavy atom. The van der Waals surface area contributed by atoms with Gasteiger partial charge in [0.1, 0.15) is 0 Å². The zero-order valence-corrected chi connectivity index (χ0v) is 18.0. The third kappa shape index (κ3) is 5.62. The van der Waals surface area contributed by atoms with E-state index < -0.39 is 17.7 Å². The van der Waals surface area contributed by atoms with Crippen LogP contribution in [0.25, 0.3) is 10.9 Å². The molecule has 0 aliphatic heterocycles. The Morgan fingerprint density at radius 3 is 2.39 bits per heavy atom. The predicted molar refractivity (Wildman–Crippen MR) is 120 cm³/mol. The van der Waals surface area contributed by atoms with Crippen molar-refractivity contribution in [1.82, 2.24) is 9.63 Å². The summed E-state index contributed by atoms with van der Waals surface area (Å²) in [6.07, 6.45) is -2.42. The third-order valence-electron chi connectivity index (χ3n) is 5.32. The zero-order valence-electron chi connectivity index (χ0n) is 18.0. The van der Waals surface area contributed by atoms with Crippen LogP contribution in [0.3, 0.4) is 0 Å². The fourth-order valence-corrected chi connectivity index (χ4v) is 3.87. The Hall–Kier alpha value is -3.58. The SMILES string of the molecule is CN(Cc1cccc(C(F)(F)F)c1)OC(=O)Cc1cn(Cc2ccccc2)c2ccccc12. The molecule has 3 aromatic carbocycles. The number of aromatic nitrogens is 1. The number of hydrogen-bond acceptors (Lipinski definition) is 3. The van der Waals surface area contributed by atoms with Gasteiger partial charge >= 0.3 is 12.1 Å². The maximum absolute atomic E-state index is 12.9. The summed E-state index contributed by atoms with van der Waals surface area (Å²) in [6, 6.07) is 22.9. The van der Waals surface area contributed by atoms with Crippen molar-refractivity contribution in [1.29, 1.82) is 0 Å². The average molecular weight is 452 g/mol.